The second kappa shape index (κ2) is 7.75. The van der Waals surface area contributed by atoms with Gasteiger partial charge in [0, 0.05) is 18.4 Å². The summed E-state index contributed by atoms with van der Waals surface area (Å²) in [6.45, 7) is 1.63. The highest BCUT2D eigenvalue weighted by Gasteiger charge is 2.17. The van der Waals surface area contributed by atoms with E-state index in [9.17, 15) is 14.9 Å². The number of carbonyl (C=O) groups is 1. The number of nitro benzene ring substituents is 1. The number of anilines is 2. The van der Waals surface area contributed by atoms with Gasteiger partial charge in [0.15, 0.2) is 5.13 Å². The molecule has 0 aliphatic heterocycles. The fourth-order valence-corrected chi connectivity index (χ4v) is 3.18. The molecule has 2 aromatic carbocycles. The van der Waals surface area contributed by atoms with Gasteiger partial charge in [-0.25, -0.2) is 4.98 Å². The van der Waals surface area contributed by atoms with E-state index in [1.807, 2.05) is 30.3 Å². The van der Waals surface area contributed by atoms with E-state index in [0.717, 1.165) is 5.69 Å². The number of non-ortho nitro benzene ring substituents is 1. The van der Waals surface area contributed by atoms with Crippen molar-refractivity contribution in [2.24, 2.45) is 0 Å². The quantitative estimate of drug-likeness (QED) is 0.477. The molecule has 0 unspecified atom stereocenters. The molecule has 1 aromatic heterocycles. The van der Waals surface area contributed by atoms with Crippen molar-refractivity contribution in [1.29, 1.82) is 0 Å². The molecule has 26 heavy (non-hydrogen) atoms. The number of nitro groups is 1. The van der Waals surface area contributed by atoms with E-state index < -0.39 is 4.92 Å². The van der Waals surface area contributed by atoms with Crippen LogP contribution in [0.25, 0.3) is 0 Å². The fourth-order valence-electron chi connectivity index (χ4n) is 2.31. The summed E-state index contributed by atoms with van der Waals surface area (Å²) in [4.78, 5) is 28.3. The number of amides is 1. The number of rotatable bonds is 6. The van der Waals surface area contributed by atoms with Crippen LogP contribution in [0.15, 0.2) is 60.0 Å². The molecule has 0 atom stereocenters. The summed E-state index contributed by atoms with van der Waals surface area (Å²) in [6.07, 6.45) is 0. The lowest BCUT2D eigenvalue weighted by molar-refractivity contribution is -0.384. The molecule has 132 valence electrons. The molecule has 3 rings (SSSR count). The molecule has 0 bridgehead atoms. The molecule has 0 saturated heterocycles. The van der Waals surface area contributed by atoms with Gasteiger partial charge < -0.3 is 4.74 Å². The smallest absolute Gasteiger partial charge is 0.273 e. The zero-order valence-corrected chi connectivity index (χ0v) is 14.7. The monoisotopic (exact) mass is 369 g/mol. The topological polar surface area (TPSA) is 85.6 Å². The van der Waals surface area contributed by atoms with Crippen molar-refractivity contribution in [3.05, 3.63) is 75.8 Å². The Morgan fingerprint density at radius 2 is 2.00 bits per heavy atom. The lowest BCUT2D eigenvalue weighted by atomic mass is 10.3. The molecule has 0 N–H and O–H groups in total. The lowest BCUT2D eigenvalue weighted by Crippen LogP contribution is -2.22. The van der Waals surface area contributed by atoms with Gasteiger partial charge in [-0.05, 0) is 18.2 Å². The number of hydrogen-bond donors (Lipinski definition) is 0. The van der Waals surface area contributed by atoms with Gasteiger partial charge >= 0.3 is 0 Å². The van der Waals surface area contributed by atoms with Gasteiger partial charge in [-0.2, -0.15) is 0 Å². The predicted molar refractivity (Wildman–Crippen MR) is 98.8 cm³/mol. The number of carbonyl (C=O) groups excluding carboxylic acids is 1. The lowest BCUT2D eigenvalue weighted by Gasteiger charge is -2.17. The summed E-state index contributed by atoms with van der Waals surface area (Å²) in [5, 5.41) is 13.1. The largest absolute Gasteiger partial charge is 0.487 e. The average molecular weight is 369 g/mol. The van der Waals surface area contributed by atoms with Crippen LogP contribution in [0.2, 0.25) is 0 Å². The molecule has 1 heterocycles. The van der Waals surface area contributed by atoms with E-state index in [0.29, 0.717) is 16.6 Å². The molecular formula is C18H15N3O4S. The zero-order chi connectivity index (χ0) is 18.5. The van der Waals surface area contributed by atoms with Crippen molar-refractivity contribution < 1.29 is 14.5 Å². The Kier molecular flexibility index (Phi) is 5.23. The summed E-state index contributed by atoms with van der Waals surface area (Å²) in [5.41, 5.74) is 1.34. The van der Waals surface area contributed by atoms with Gasteiger partial charge in [0.1, 0.15) is 12.4 Å². The molecule has 0 spiro atoms. The summed E-state index contributed by atoms with van der Waals surface area (Å²) in [7, 11) is 0. The molecule has 7 nitrogen and oxygen atoms in total. The summed E-state index contributed by atoms with van der Waals surface area (Å²) in [6, 6.07) is 15.2. The van der Waals surface area contributed by atoms with Crippen molar-refractivity contribution in [1.82, 2.24) is 4.98 Å². The minimum absolute atomic E-state index is 0.0340. The number of benzene rings is 2. The Morgan fingerprint density at radius 1 is 1.23 bits per heavy atom. The highest BCUT2D eigenvalue weighted by molar-refractivity contribution is 7.14. The van der Waals surface area contributed by atoms with E-state index in [1.165, 1.54) is 35.3 Å². The van der Waals surface area contributed by atoms with E-state index >= 15 is 0 Å². The maximum absolute atomic E-state index is 12.0. The van der Waals surface area contributed by atoms with Crippen LogP contribution in [0.5, 0.6) is 5.75 Å². The molecule has 3 aromatic rings. The number of thiazole rings is 1. The molecule has 0 radical (unpaired) electrons. The first-order chi connectivity index (χ1) is 12.5. The minimum atomic E-state index is -0.474. The highest BCUT2D eigenvalue weighted by atomic mass is 32.1. The molecule has 1 amide bonds. The Labute approximate surface area is 153 Å². The number of hydrogen-bond acceptors (Lipinski definition) is 6. The number of aromatic nitrogens is 1. The Morgan fingerprint density at radius 3 is 2.69 bits per heavy atom. The minimum Gasteiger partial charge on any atom is -0.487 e. The second-order valence-corrected chi connectivity index (χ2v) is 6.19. The standard InChI is InChI=1S/C18H15N3O4S/c1-13(22)20(15-6-3-2-4-7-15)18-19-14(12-26-18)11-25-17-9-5-8-16(10-17)21(23)24/h2-10,12H,11H2,1H3. The fraction of sp³-hybridized carbons (Fsp3) is 0.111. The van der Waals surface area contributed by atoms with Crippen LogP contribution in [0, 0.1) is 10.1 Å². The van der Waals surface area contributed by atoms with Gasteiger partial charge in [-0.15, -0.1) is 11.3 Å². The third kappa shape index (κ3) is 4.04. The number of ether oxygens (including phenoxy) is 1. The normalized spacial score (nSPS) is 10.3. The first-order valence-electron chi connectivity index (χ1n) is 7.72. The van der Waals surface area contributed by atoms with Crippen molar-refractivity contribution in [3.63, 3.8) is 0 Å². The van der Waals surface area contributed by atoms with Crippen LogP contribution in [0.4, 0.5) is 16.5 Å². The second-order valence-electron chi connectivity index (χ2n) is 5.35. The summed E-state index contributed by atoms with van der Waals surface area (Å²) < 4.78 is 5.58. The van der Waals surface area contributed by atoms with Crippen LogP contribution in [-0.4, -0.2) is 15.8 Å². The SMILES string of the molecule is CC(=O)N(c1ccccc1)c1nc(COc2cccc([N+](=O)[O-])c2)cs1. The summed E-state index contributed by atoms with van der Waals surface area (Å²) in [5.74, 6) is 0.247. The first kappa shape index (κ1) is 17.6. The average Bonchev–Trinajstić information content (AvgIpc) is 3.09. The third-order valence-electron chi connectivity index (χ3n) is 3.48. The van der Waals surface area contributed by atoms with Crippen molar-refractivity contribution in [3.8, 4) is 5.75 Å². The Balaban J connectivity index is 1.74. The maximum Gasteiger partial charge on any atom is 0.273 e. The van der Waals surface area contributed by atoms with E-state index in [-0.39, 0.29) is 18.2 Å². The predicted octanol–water partition coefficient (Wildman–Crippen LogP) is 4.31. The maximum atomic E-state index is 12.0. The summed E-state index contributed by atoms with van der Waals surface area (Å²) >= 11 is 1.33. The van der Waals surface area contributed by atoms with Crippen LogP contribution in [-0.2, 0) is 11.4 Å². The van der Waals surface area contributed by atoms with E-state index in [4.69, 9.17) is 4.74 Å². The van der Waals surface area contributed by atoms with Gasteiger partial charge in [0.05, 0.1) is 22.4 Å². The first-order valence-corrected chi connectivity index (χ1v) is 8.60. The zero-order valence-electron chi connectivity index (χ0n) is 13.9. The van der Waals surface area contributed by atoms with Crippen LogP contribution in [0.3, 0.4) is 0 Å². The molecule has 0 saturated carbocycles. The van der Waals surface area contributed by atoms with Gasteiger partial charge in [0.2, 0.25) is 5.91 Å². The molecule has 0 aliphatic rings. The Hall–Kier alpha value is -3.26. The van der Waals surface area contributed by atoms with Crippen LogP contribution in [0.1, 0.15) is 12.6 Å². The van der Waals surface area contributed by atoms with E-state index in [2.05, 4.69) is 4.98 Å². The van der Waals surface area contributed by atoms with Gasteiger partial charge in [0.25, 0.3) is 5.69 Å². The highest BCUT2D eigenvalue weighted by Crippen LogP contribution is 2.29. The van der Waals surface area contributed by atoms with Crippen LogP contribution < -0.4 is 9.64 Å². The van der Waals surface area contributed by atoms with Crippen molar-refractivity contribution in [2.45, 2.75) is 13.5 Å². The van der Waals surface area contributed by atoms with Gasteiger partial charge in [-0.1, -0.05) is 24.3 Å². The molecule has 0 aliphatic carbocycles. The van der Waals surface area contributed by atoms with Gasteiger partial charge in [-0.3, -0.25) is 19.8 Å². The van der Waals surface area contributed by atoms with Crippen LogP contribution >= 0.6 is 11.3 Å². The number of para-hydroxylation sites is 1. The molecule has 0 fully saturated rings. The number of nitrogens with zero attached hydrogens (tertiary/aromatic N) is 3. The molecule has 8 heteroatoms. The third-order valence-corrected chi connectivity index (χ3v) is 4.35. The van der Waals surface area contributed by atoms with Crippen molar-refractivity contribution >= 4 is 33.8 Å². The van der Waals surface area contributed by atoms with Crippen molar-refractivity contribution in [2.75, 3.05) is 4.90 Å². The Bertz CT molecular complexity index is 927. The molecular weight excluding hydrogens is 354 g/mol. The van der Waals surface area contributed by atoms with E-state index in [1.54, 1.807) is 17.5 Å².